The summed E-state index contributed by atoms with van der Waals surface area (Å²) in [5.74, 6) is -0.462. The second-order valence-electron chi connectivity index (χ2n) is 5.13. The molecule has 4 nitrogen and oxygen atoms in total. The molecule has 0 bridgehead atoms. The molecule has 128 valence electrons. The first-order valence-electron chi connectivity index (χ1n) is 7.22. The van der Waals surface area contributed by atoms with Crippen LogP contribution < -0.4 is 0 Å². The molecule has 1 heterocycles. The third-order valence-electron chi connectivity index (χ3n) is 3.50. The molecule has 0 radical (unpaired) electrons. The lowest BCUT2D eigenvalue weighted by atomic mass is 10.1. The summed E-state index contributed by atoms with van der Waals surface area (Å²) in [6.07, 6.45) is -4.43. The summed E-state index contributed by atoms with van der Waals surface area (Å²) in [7, 11) is 1.21. The molecule has 0 unspecified atom stereocenters. The number of methoxy groups -OCH3 is 1. The van der Waals surface area contributed by atoms with Gasteiger partial charge >= 0.3 is 12.1 Å². The van der Waals surface area contributed by atoms with Gasteiger partial charge in [-0.2, -0.15) is 13.2 Å². The molecule has 0 atom stereocenters. The number of oxazole rings is 1. The van der Waals surface area contributed by atoms with E-state index in [2.05, 4.69) is 4.98 Å². The highest BCUT2D eigenvalue weighted by Crippen LogP contribution is 2.33. The summed E-state index contributed by atoms with van der Waals surface area (Å²) in [5, 5.41) is 0. The Morgan fingerprint density at radius 2 is 1.64 bits per heavy atom. The molecule has 1 aromatic heterocycles. The van der Waals surface area contributed by atoms with Gasteiger partial charge in [-0.05, 0) is 24.3 Å². The fourth-order valence-electron chi connectivity index (χ4n) is 2.27. The number of nitrogens with zero attached hydrogens (tertiary/aromatic N) is 1. The van der Waals surface area contributed by atoms with Crippen LogP contribution in [0.15, 0.2) is 59.0 Å². The zero-order chi connectivity index (χ0) is 18.0. The number of benzene rings is 2. The van der Waals surface area contributed by atoms with Gasteiger partial charge in [-0.1, -0.05) is 30.3 Å². The van der Waals surface area contributed by atoms with Crippen LogP contribution in [0.3, 0.4) is 0 Å². The number of carbonyl (C=O) groups excluding carboxylic acids is 1. The summed E-state index contributed by atoms with van der Waals surface area (Å²) < 4.78 is 48.3. The van der Waals surface area contributed by atoms with E-state index in [1.54, 1.807) is 30.3 Å². The van der Waals surface area contributed by atoms with Crippen LogP contribution in [0.5, 0.6) is 0 Å². The van der Waals surface area contributed by atoms with E-state index in [4.69, 9.17) is 9.15 Å². The van der Waals surface area contributed by atoms with Gasteiger partial charge in [0.15, 0.2) is 11.5 Å². The minimum atomic E-state index is -4.43. The fraction of sp³-hybridized carbons (Fsp3) is 0.111. The number of alkyl halides is 3. The second kappa shape index (κ2) is 6.43. The highest BCUT2D eigenvalue weighted by atomic mass is 19.4. The quantitative estimate of drug-likeness (QED) is 0.638. The van der Waals surface area contributed by atoms with E-state index in [1.165, 1.54) is 19.2 Å². The molecule has 25 heavy (non-hydrogen) atoms. The molecular formula is C18H12F3NO3. The van der Waals surface area contributed by atoms with Crippen molar-refractivity contribution in [2.75, 3.05) is 7.11 Å². The minimum absolute atomic E-state index is 0.0352. The van der Waals surface area contributed by atoms with Crippen molar-refractivity contribution in [2.45, 2.75) is 6.18 Å². The van der Waals surface area contributed by atoms with Gasteiger partial charge in [-0.15, -0.1) is 0 Å². The molecule has 3 rings (SSSR count). The van der Waals surface area contributed by atoms with Gasteiger partial charge in [-0.25, -0.2) is 9.78 Å². The molecule has 0 aliphatic rings. The van der Waals surface area contributed by atoms with E-state index in [9.17, 15) is 18.0 Å². The Kier molecular flexibility index (Phi) is 4.31. The average molecular weight is 347 g/mol. The maximum absolute atomic E-state index is 12.7. The maximum atomic E-state index is 12.7. The van der Waals surface area contributed by atoms with Crippen molar-refractivity contribution in [3.05, 3.63) is 65.9 Å². The van der Waals surface area contributed by atoms with Crippen LogP contribution >= 0.6 is 0 Å². The molecule has 0 saturated heterocycles. The first-order chi connectivity index (χ1) is 11.9. The SMILES string of the molecule is COC(=O)c1nc(-c2ccc(C(F)(F)F)cc2)oc1-c1ccccc1. The van der Waals surface area contributed by atoms with Crippen LogP contribution in [0.2, 0.25) is 0 Å². The van der Waals surface area contributed by atoms with Crippen molar-refractivity contribution in [1.82, 2.24) is 4.98 Å². The van der Waals surface area contributed by atoms with Crippen LogP contribution in [0.4, 0.5) is 13.2 Å². The highest BCUT2D eigenvalue weighted by Gasteiger charge is 2.30. The molecule has 2 aromatic carbocycles. The van der Waals surface area contributed by atoms with Crippen LogP contribution in [-0.2, 0) is 10.9 Å². The predicted molar refractivity (Wildman–Crippen MR) is 83.7 cm³/mol. The lowest BCUT2D eigenvalue weighted by Gasteiger charge is -2.06. The Morgan fingerprint density at radius 1 is 1.00 bits per heavy atom. The van der Waals surface area contributed by atoms with Crippen molar-refractivity contribution >= 4 is 5.97 Å². The fourth-order valence-corrected chi connectivity index (χ4v) is 2.27. The summed E-state index contributed by atoms with van der Waals surface area (Å²) in [6, 6.07) is 13.1. The average Bonchev–Trinajstić information content (AvgIpc) is 3.06. The van der Waals surface area contributed by atoms with E-state index < -0.39 is 17.7 Å². The maximum Gasteiger partial charge on any atom is 0.416 e. The van der Waals surface area contributed by atoms with Crippen molar-refractivity contribution in [3.63, 3.8) is 0 Å². The van der Waals surface area contributed by atoms with Crippen LogP contribution in [0, 0.1) is 0 Å². The van der Waals surface area contributed by atoms with Crippen LogP contribution in [0.1, 0.15) is 16.1 Å². The van der Waals surface area contributed by atoms with E-state index in [1.807, 2.05) is 0 Å². The van der Waals surface area contributed by atoms with Gasteiger partial charge in [0.2, 0.25) is 5.89 Å². The summed E-state index contributed by atoms with van der Waals surface area (Å²) in [4.78, 5) is 16.0. The third-order valence-corrected chi connectivity index (χ3v) is 3.50. The Labute approximate surface area is 140 Å². The number of hydrogen-bond donors (Lipinski definition) is 0. The lowest BCUT2D eigenvalue weighted by Crippen LogP contribution is -2.04. The minimum Gasteiger partial charge on any atom is -0.464 e. The van der Waals surface area contributed by atoms with Gasteiger partial charge in [0.1, 0.15) is 0 Å². The zero-order valence-corrected chi connectivity index (χ0v) is 13.0. The molecule has 0 spiro atoms. The zero-order valence-electron chi connectivity index (χ0n) is 13.0. The molecule has 0 aliphatic carbocycles. The Balaban J connectivity index is 2.06. The third kappa shape index (κ3) is 3.40. The number of rotatable bonds is 3. The summed E-state index contributed by atoms with van der Waals surface area (Å²) in [6.45, 7) is 0. The van der Waals surface area contributed by atoms with Gasteiger partial charge in [0.25, 0.3) is 0 Å². The number of esters is 1. The van der Waals surface area contributed by atoms with E-state index in [0.29, 0.717) is 11.1 Å². The van der Waals surface area contributed by atoms with Crippen molar-refractivity contribution in [2.24, 2.45) is 0 Å². The van der Waals surface area contributed by atoms with E-state index in [0.717, 1.165) is 12.1 Å². The largest absolute Gasteiger partial charge is 0.464 e. The molecule has 0 amide bonds. The first-order valence-corrected chi connectivity index (χ1v) is 7.22. The molecular weight excluding hydrogens is 335 g/mol. The van der Waals surface area contributed by atoms with Crippen molar-refractivity contribution in [1.29, 1.82) is 0 Å². The summed E-state index contributed by atoms with van der Waals surface area (Å²) >= 11 is 0. The Bertz CT molecular complexity index is 884. The monoisotopic (exact) mass is 347 g/mol. The Morgan fingerprint density at radius 3 is 2.20 bits per heavy atom. The van der Waals surface area contributed by atoms with Gasteiger partial charge in [0, 0.05) is 11.1 Å². The molecule has 0 fully saturated rings. The molecule has 0 N–H and O–H groups in total. The first kappa shape index (κ1) is 16.8. The topological polar surface area (TPSA) is 52.3 Å². The number of hydrogen-bond acceptors (Lipinski definition) is 4. The lowest BCUT2D eigenvalue weighted by molar-refractivity contribution is -0.137. The number of carbonyl (C=O) groups is 1. The standard InChI is InChI=1S/C18H12F3NO3/c1-24-17(23)14-15(11-5-3-2-4-6-11)25-16(22-14)12-7-9-13(10-8-12)18(19,20)21/h2-10H,1H3. The van der Waals surface area contributed by atoms with E-state index in [-0.39, 0.29) is 17.3 Å². The van der Waals surface area contributed by atoms with E-state index >= 15 is 0 Å². The van der Waals surface area contributed by atoms with Crippen molar-refractivity contribution in [3.8, 4) is 22.8 Å². The highest BCUT2D eigenvalue weighted by molar-refractivity contribution is 5.94. The molecule has 0 saturated carbocycles. The Hall–Kier alpha value is -3.09. The van der Waals surface area contributed by atoms with Gasteiger partial charge in [-0.3, -0.25) is 0 Å². The number of halogens is 3. The molecule has 0 aliphatic heterocycles. The van der Waals surface area contributed by atoms with Gasteiger partial charge in [0.05, 0.1) is 12.7 Å². The van der Waals surface area contributed by atoms with Crippen LogP contribution in [-0.4, -0.2) is 18.1 Å². The summed E-state index contributed by atoms with van der Waals surface area (Å²) in [5.41, 5.74) is 0.108. The van der Waals surface area contributed by atoms with Crippen LogP contribution in [0.25, 0.3) is 22.8 Å². The van der Waals surface area contributed by atoms with Gasteiger partial charge < -0.3 is 9.15 Å². The number of aromatic nitrogens is 1. The number of ether oxygens (including phenoxy) is 1. The van der Waals surface area contributed by atoms with Crippen molar-refractivity contribution < 1.29 is 27.1 Å². The second-order valence-corrected chi connectivity index (χ2v) is 5.13. The normalized spacial score (nSPS) is 11.4. The molecule has 7 heteroatoms. The molecule has 3 aromatic rings. The smallest absolute Gasteiger partial charge is 0.416 e. The predicted octanol–water partition coefficient (Wildman–Crippen LogP) is 4.81.